The molecule has 0 amide bonds. The van der Waals surface area contributed by atoms with Gasteiger partial charge in [-0.05, 0) is 72.5 Å². The van der Waals surface area contributed by atoms with Crippen LogP contribution in [-0.4, -0.2) is 174 Å². The lowest BCUT2D eigenvalue weighted by molar-refractivity contribution is -0.374. The van der Waals surface area contributed by atoms with Crippen LogP contribution in [0.3, 0.4) is 0 Å². The number of hydrogen-bond donors (Lipinski definition) is 10. The summed E-state index contributed by atoms with van der Waals surface area (Å²) in [7, 11) is 0. The molecule has 0 bridgehead atoms. The van der Waals surface area contributed by atoms with Crippen molar-refractivity contribution in [3.8, 4) is 0 Å². The van der Waals surface area contributed by atoms with Crippen LogP contribution >= 0.6 is 0 Å². The predicted molar refractivity (Wildman–Crippen MR) is 232 cm³/mol. The number of aliphatic hydroxyl groups excluding tert-OH is 9. The Morgan fingerprint density at radius 1 is 0.761 bits per heavy atom. The van der Waals surface area contributed by atoms with Gasteiger partial charge in [0.15, 0.2) is 24.8 Å². The Hall–Kier alpha value is -2.37. The number of fused-ring (bicyclic) bond motifs is 7. The highest BCUT2D eigenvalue weighted by Crippen LogP contribution is 2.76. The van der Waals surface area contributed by atoms with Crippen LogP contribution < -0.4 is 0 Å². The molecule has 67 heavy (non-hydrogen) atoms. The molecule has 10 N–H and O–H groups in total. The number of hydrogen-bond acceptors (Lipinski definition) is 18. The number of carboxylic acids is 1. The maximum absolute atomic E-state index is 13.2. The van der Waals surface area contributed by atoms with E-state index in [-0.39, 0.29) is 11.8 Å². The van der Waals surface area contributed by atoms with E-state index in [1.54, 1.807) is 13.8 Å². The van der Waals surface area contributed by atoms with Crippen molar-refractivity contribution >= 4 is 17.9 Å². The summed E-state index contributed by atoms with van der Waals surface area (Å²) in [6, 6.07) is 0. The number of ether oxygens (including phenoxy) is 6. The highest BCUT2D eigenvalue weighted by molar-refractivity contribution is 5.73. The summed E-state index contributed by atoms with van der Waals surface area (Å²) < 4.78 is 36.0. The molecule has 0 radical (unpaired) electrons. The van der Waals surface area contributed by atoms with Gasteiger partial charge in [0.25, 0.3) is 0 Å². The van der Waals surface area contributed by atoms with E-state index in [0.717, 1.165) is 5.57 Å². The van der Waals surface area contributed by atoms with Gasteiger partial charge in [-0.3, -0.25) is 9.59 Å². The van der Waals surface area contributed by atoms with E-state index in [1.807, 2.05) is 34.6 Å². The van der Waals surface area contributed by atoms with Crippen LogP contribution in [0.25, 0.3) is 0 Å². The molecule has 0 aromatic rings. The summed E-state index contributed by atoms with van der Waals surface area (Å²) in [6.07, 6.45) is -18.6. The SMILES string of the molecule is CC(=O)O[C@@H]1[C@@H](OC(=O)C(C)C)C(C)(C)C[C@@H]2C3=CC[C@@H]4[C@]5(C)CC[C@H](O[C@@H]6O[C@@H](C(=O)O)[C@@H](O)[C@H](O)[C@H]6O[C@@H]6O[C@H](CO)[C@@H](O)[C@@H](O)[C@H]6O)C(C)(C)[C@@H]5CC[C@]4(C)[C@]3(C)[C@H](O)[C@@H](O)[C@]21CO. The highest BCUT2D eigenvalue weighted by atomic mass is 16.8. The molecule has 4 saturated carbocycles. The number of aliphatic hydroxyl groups is 9. The van der Waals surface area contributed by atoms with E-state index in [0.29, 0.717) is 38.5 Å². The van der Waals surface area contributed by atoms with Crippen LogP contribution in [0.5, 0.6) is 0 Å². The maximum Gasteiger partial charge on any atom is 0.335 e. The van der Waals surface area contributed by atoms with Crippen molar-refractivity contribution in [2.75, 3.05) is 13.2 Å². The molecule has 0 unspecified atom stereocenters. The fourth-order valence-electron chi connectivity index (χ4n) is 14.7. The number of carbonyl (C=O) groups is 3. The quantitative estimate of drug-likeness (QED) is 0.0812. The number of carboxylic acid groups (broad SMARTS) is 1. The van der Waals surface area contributed by atoms with E-state index in [4.69, 9.17) is 28.4 Å². The second kappa shape index (κ2) is 18.0. The topological polar surface area (TPSA) is 309 Å². The number of rotatable bonds is 10. The molecule has 6 fully saturated rings. The largest absolute Gasteiger partial charge is 0.479 e. The maximum atomic E-state index is 13.2. The van der Waals surface area contributed by atoms with Crippen molar-refractivity contribution in [1.29, 1.82) is 0 Å². The predicted octanol–water partition coefficient (Wildman–Crippen LogP) is 0.543. The third-order valence-electron chi connectivity index (χ3n) is 18.6. The first-order valence-corrected chi connectivity index (χ1v) is 23.9. The molecule has 2 heterocycles. The minimum atomic E-state index is -2.01. The standard InChI is InChI=1S/C48H76O19/c1-20(2)40(61)67-37-38(62-21(3)51)48(19-50)23(17-43(37,4)5)22-11-12-26-45(8)15-14-27(44(6,7)25(45)13-16-46(26,9)47(22,10)35(57)36(48)58)64-42-34(31(55)30(54)33(65-42)39(59)60)66-41-32(56)29(53)28(52)24(18-49)63-41/h11,20,23-38,41-42,49-50,52-58H,12-19H2,1-10H3,(H,59,60)/t23-,24-,25+,26-,27+,28-,29-,30+,31+,32-,33-,34-,35-,36-,37-,38-,41+,42-,45-,46+,47+,48+/m1/s1. The van der Waals surface area contributed by atoms with E-state index >= 15 is 0 Å². The molecule has 7 rings (SSSR count). The van der Waals surface area contributed by atoms with Crippen LogP contribution in [0.1, 0.15) is 108 Å². The van der Waals surface area contributed by atoms with Crippen LogP contribution in [0, 0.1) is 56.2 Å². The third kappa shape index (κ3) is 7.84. The lowest BCUT2D eigenvalue weighted by Crippen LogP contribution is -2.76. The molecule has 2 saturated heterocycles. The van der Waals surface area contributed by atoms with Gasteiger partial charge in [0.1, 0.15) is 48.8 Å². The summed E-state index contributed by atoms with van der Waals surface area (Å²) in [5.74, 6) is -4.01. The van der Waals surface area contributed by atoms with Gasteiger partial charge in [0.05, 0.1) is 42.9 Å². The van der Waals surface area contributed by atoms with Gasteiger partial charge in [0.2, 0.25) is 0 Å². The second-order valence-electron chi connectivity index (χ2n) is 23.1. The minimum absolute atomic E-state index is 0.0601. The lowest BCUT2D eigenvalue weighted by atomic mass is 9.32. The molecule has 2 aliphatic heterocycles. The lowest BCUT2D eigenvalue weighted by Gasteiger charge is -2.73. The van der Waals surface area contributed by atoms with Gasteiger partial charge in [-0.25, -0.2) is 4.79 Å². The Kier molecular flexibility index (Phi) is 14.1. The Morgan fingerprint density at radius 2 is 1.42 bits per heavy atom. The van der Waals surface area contributed by atoms with Crippen molar-refractivity contribution in [3.63, 3.8) is 0 Å². The van der Waals surface area contributed by atoms with E-state index in [9.17, 15) is 65.4 Å². The smallest absolute Gasteiger partial charge is 0.335 e. The minimum Gasteiger partial charge on any atom is -0.479 e. The molecule has 0 aromatic carbocycles. The van der Waals surface area contributed by atoms with Gasteiger partial charge < -0.3 is 79.5 Å². The van der Waals surface area contributed by atoms with E-state index in [1.165, 1.54) is 6.92 Å². The van der Waals surface area contributed by atoms with Crippen LogP contribution in [0.4, 0.5) is 0 Å². The molecule has 19 heteroatoms. The summed E-state index contributed by atoms with van der Waals surface area (Å²) in [5.41, 5.74) is -4.34. The first-order valence-electron chi connectivity index (χ1n) is 23.9. The fraction of sp³-hybridized carbons (Fsp3) is 0.896. The number of allylic oxidation sites excluding steroid dienone is 1. The Bertz CT molecular complexity index is 1900. The van der Waals surface area contributed by atoms with Crippen molar-refractivity contribution in [2.45, 2.75) is 200 Å². The normalized spacial score (nSPS) is 50.1. The van der Waals surface area contributed by atoms with Crippen molar-refractivity contribution < 1.29 is 93.9 Å². The number of carbonyl (C=O) groups excluding carboxylic acids is 2. The molecular formula is C48H76O19. The zero-order valence-electron chi connectivity index (χ0n) is 40.4. The third-order valence-corrected chi connectivity index (χ3v) is 18.6. The molecule has 19 nitrogen and oxygen atoms in total. The van der Waals surface area contributed by atoms with Crippen molar-refractivity contribution in [2.24, 2.45) is 56.2 Å². The summed E-state index contributed by atoms with van der Waals surface area (Å²) in [6.45, 7) is 17.5. The molecule has 22 atom stereocenters. The van der Waals surface area contributed by atoms with Gasteiger partial charge in [-0.15, -0.1) is 0 Å². The Balaban J connectivity index is 1.21. The Morgan fingerprint density at radius 3 is 2.00 bits per heavy atom. The summed E-state index contributed by atoms with van der Waals surface area (Å²) >= 11 is 0. The molecule has 7 aliphatic rings. The van der Waals surface area contributed by atoms with E-state index < -0.39 is 167 Å². The Labute approximate surface area is 391 Å². The second-order valence-corrected chi connectivity index (χ2v) is 23.1. The first kappa shape index (κ1) is 52.5. The molecule has 382 valence electrons. The molecular weight excluding hydrogens is 881 g/mol. The molecule has 0 spiro atoms. The van der Waals surface area contributed by atoms with Crippen molar-refractivity contribution in [1.82, 2.24) is 0 Å². The zero-order chi connectivity index (χ0) is 49.9. The number of aliphatic carboxylic acids is 1. The van der Waals surface area contributed by atoms with Crippen LogP contribution in [-0.2, 0) is 42.8 Å². The monoisotopic (exact) mass is 956 g/mol. The fourth-order valence-corrected chi connectivity index (χ4v) is 14.7. The summed E-state index contributed by atoms with van der Waals surface area (Å²) in [4.78, 5) is 38.3. The average Bonchev–Trinajstić information content (AvgIpc) is 3.24. The van der Waals surface area contributed by atoms with Gasteiger partial charge in [-0.1, -0.05) is 74.0 Å². The van der Waals surface area contributed by atoms with Gasteiger partial charge in [0, 0.05) is 17.8 Å². The highest BCUT2D eigenvalue weighted by Gasteiger charge is 2.76. The zero-order valence-corrected chi connectivity index (χ0v) is 40.4. The number of esters is 2. The van der Waals surface area contributed by atoms with Crippen LogP contribution in [0.15, 0.2) is 11.6 Å². The summed E-state index contributed by atoms with van der Waals surface area (Å²) in [5, 5.41) is 111. The van der Waals surface area contributed by atoms with Crippen molar-refractivity contribution in [3.05, 3.63) is 11.6 Å². The average molecular weight is 957 g/mol. The van der Waals surface area contributed by atoms with Gasteiger partial charge in [-0.2, -0.15) is 0 Å². The van der Waals surface area contributed by atoms with E-state index in [2.05, 4.69) is 19.9 Å². The molecule has 0 aromatic heterocycles. The molecule has 5 aliphatic carbocycles. The van der Waals surface area contributed by atoms with Crippen LogP contribution in [0.2, 0.25) is 0 Å². The first-order chi connectivity index (χ1) is 31.0. The van der Waals surface area contributed by atoms with Gasteiger partial charge >= 0.3 is 17.9 Å².